The number of nitrogens with zero attached hydrogens (tertiary/aromatic N) is 2. The molecule has 7 nitrogen and oxygen atoms in total. The van der Waals surface area contributed by atoms with Crippen molar-refractivity contribution in [3.8, 4) is 5.75 Å². The zero-order valence-corrected chi connectivity index (χ0v) is 18.1. The van der Waals surface area contributed by atoms with Crippen molar-refractivity contribution in [1.82, 2.24) is 15.5 Å². The van der Waals surface area contributed by atoms with E-state index in [0.29, 0.717) is 17.9 Å². The number of aliphatic imine (C=N–C) groups is 1. The van der Waals surface area contributed by atoms with Crippen molar-refractivity contribution in [3.63, 3.8) is 0 Å². The monoisotopic (exact) mass is 404 g/mol. The first-order chi connectivity index (χ1) is 14.2. The van der Waals surface area contributed by atoms with Gasteiger partial charge in [0.25, 0.3) is 0 Å². The summed E-state index contributed by atoms with van der Waals surface area (Å²) in [6.07, 6.45) is 6.49. The maximum Gasteiger partial charge on any atom is 0.341 e. The first kappa shape index (κ1) is 23.0. The molecule has 1 aromatic rings. The van der Waals surface area contributed by atoms with Gasteiger partial charge in [-0.25, -0.2) is 9.79 Å². The highest BCUT2D eigenvalue weighted by molar-refractivity contribution is 5.92. The summed E-state index contributed by atoms with van der Waals surface area (Å²) in [7, 11) is 2.91. The Bertz CT molecular complexity index is 655. The second-order valence-corrected chi connectivity index (χ2v) is 7.26. The number of rotatable bonds is 9. The van der Waals surface area contributed by atoms with Crippen LogP contribution in [0.15, 0.2) is 23.2 Å². The Hall–Kier alpha value is -2.28. The van der Waals surface area contributed by atoms with Crippen LogP contribution in [0.1, 0.15) is 54.9 Å². The van der Waals surface area contributed by atoms with E-state index in [0.717, 1.165) is 37.6 Å². The van der Waals surface area contributed by atoms with Gasteiger partial charge in [0.15, 0.2) is 5.96 Å². The molecule has 1 heterocycles. The van der Waals surface area contributed by atoms with E-state index in [1.165, 1.54) is 45.9 Å². The first-order valence-corrected chi connectivity index (χ1v) is 10.7. The van der Waals surface area contributed by atoms with Gasteiger partial charge in [0.05, 0.1) is 20.8 Å². The summed E-state index contributed by atoms with van der Waals surface area (Å²) < 4.78 is 10.1. The molecule has 1 saturated heterocycles. The van der Waals surface area contributed by atoms with E-state index in [1.54, 1.807) is 19.2 Å². The Morgan fingerprint density at radius 1 is 1.14 bits per heavy atom. The van der Waals surface area contributed by atoms with Crippen molar-refractivity contribution >= 4 is 11.9 Å². The lowest BCUT2D eigenvalue weighted by atomic mass is 10.1. The minimum Gasteiger partial charge on any atom is -0.496 e. The van der Waals surface area contributed by atoms with E-state index in [1.807, 2.05) is 6.07 Å². The van der Waals surface area contributed by atoms with Crippen LogP contribution in [0.4, 0.5) is 0 Å². The Labute approximate surface area is 174 Å². The van der Waals surface area contributed by atoms with Crippen LogP contribution in [0.3, 0.4) is 0 Å². The lowest BCUT2D eigenvalue weighted by Gasteiger charge is -2.20. The number of carbonyl (C=O) groups is 1. The number of hydrogen-bond donors (Lipinski definition) is 2. The van der Waals surface area contributed by atoms with Gasteiger partial charge in [-0.1, -0.05) is 18.9 Å². The zero-order chi connectivity index (χ0) is 20.9. The highest BCUT2D eigenvalue weighted by atomic mass is 16.5. The van der Waals surface area contributed by atoms with E-state index < -0.39 is 5.97 Å². The molecule has 29 heavy (non-hydrogen) atoms. The summed E-state index contributed by atoms with van der Waals surface area (Å²) in [6.45, 7) is 7.80. The number of ether oxygens (including phenoxy) is 2. The summed E-state index contributed by atoms with van der Waals surface area (Å²) >= 11 is 0. The third-order valence-corrected chi connectivity index (χ3v) is 5.08. The number of nitrogens with one attached hydrogen (secondary N) is 2. The summed E-state index contributed by atoms with van der Waals surface area (Å²) in [4.78, 5) is 19.2. The molecule has 1 aromatic carbocycles. The van der Waals surface area contributed by atoms with E-state index >= 15 is 0 Å². The van der Waals surface area contributed by atoms with Gasteiger partial charge in [-0.3, -0.25) is 0 Å². The average Bonchev–Trinajstić information content (AvgIpc) is 3.03. The predicted octanol–water partition coefficient (Wildman–Crippen LogP) is 2.80. The molecular weight excluding hydrogens is 368 g/mol. The van der Waals surface area contributed by atoms with Crippen molar-refractivity contribution in [2.45, 2.75) is 45.6 Å². The van der Waals surface area contributed by atoms with Gasteiger partial charge in [-0.2, -0.15) is 0 Å². The molecule has 2 N–H and O–H groups in total. The molecule has 1 fully saturated rings. The maximum atomic E-state index is 11.9. The highest BCUT2D eigenvalue weighted by Crippen LogP contribution is 2.21. The Balaban J connectivity index is 1.88. The molecule has 0 spiro atoms. The molecule has 162 valence electrons. The summed E-state index contributed by atoms with van der Waals surface area (Å²) in [5.74, 6) is 0.883. The molecule has 1 aliphatic heterocycles. The largest absolute Gasteiger partial charge is 0.496 e. The van der Waals surface area contributed by atoms with Crippen LogP contribution in [0.25, 0.3) is 0 Å². The summed E-state index contributed by atoms with van der Waals surface area (Å²) in [5, 5.41) is 6.69. The Morgan fingerprint density at radius 2 is 1.90 bits per heavy atom. The molecule has 0 radical (unpaired) electrons. The predicted molar refractivity (Wildman–Crippen MR) is 117 cm³/mol. The quantitative estimate of drug-likeness (QED) is 0.285. The fourth-order valence-electron chi connectivity index (χ4n) is 3.50. The number of benzene rings is 1. The maximum absolute atomic E-state index is 11.9. The van der Waals surface area contributed by atoms with Crippen LogP contribution < -0.4 is 15.4 Å². The lowest BCUT2D eigenvalue weighted by molar-refractivity contribution is 0.0597. The third kappa shape index (κ3) is 7.93. The molecule has 2 rings (SSSR count). The van der Waals surface area contributed by atoms with Gasteiger partial charge in [0.1, 0.15) is 11.3 Å². The van der Waals surface area contributed by atoms with Crippen molar-refractivity contribution < 1.29 is 14.3 Å². The fourth-order valence-corrected chi connectivity index (χ4v) is 3.50. The topological polar surface area (TPSA) is 75.2 Å². The molecular formula is C22H36N4O3. The van der Waals surface area contributed by atoms with E-state index in [9.17, 15) is 4.79 Å². The van der Waals surface area contributed by atoms with Gasteiger partial charge >= 0.3 is 5.97 Å². The number of methoxy groups -OCH3 is 2. The zero-order valence-electron chi connectivity index (χ0n) is 18.1. The minimum atomic E-state index is -0.411. The number of esters is 1. The Morgan fingerprint density at radius 3 is 2.55 bits per heavy atom. The third-order valence-electron chi connectivity index (χ3n) is 5.08. The number of guanidine groups is 1. The van der Waals surface area contributed by atoms with Crippen molar-refractivity contribution in [3.05, 3.63) is 29.3 Å². The molecule has 0 unspecified atom stereocenters. The van der Waals surface area contributed by atoms with E-state index in [2.05, 4.69) is 27.4 Å². The van der Waals surface area contributed by atoms with Gasteiger partial charge in [0, 0.05) is 13.1 Å². The number of hydrogen-bond acceptors (Lipinski definition) is 5. The van der Waals surface area contributed by atoms with Crippen molar-refractivity contribution in [1.29, 1.82) is 0 Å². The second-order valence-electron chi connectivity index (χ2n) is 7.26. The van der Waals surface area contributed by atoms with E-state index in [-0.39, 0.29) is 0 Å². The molecule has 0 aromatic heterocycles. The molecule has 1 aliphatic rings. The van der Waals surface area contributed by atoms with Gasteiger partial charge < -0.3 is 25.0 Å². The number of likely N-dealkylation sites (tertiary alicyclic amines) is 1. The van der Waals surface area contributed by atoms with Crippen molar-refractivity contribution in [2.75, 3.05) is 46.9 Å². The molecule has 0 saturated carbocycles. The Kier molecular flexibility index (Phi) is 10.3. The van der Waals surface area contributed by atoms with Gasteiger partial charge in [0.2, 0.25) is 0 Å². The van der Waals surface area contributed by atoms with Crippen LogP contribution in [0.2, 0.25) is 0 Å². The van der Waals surface area contributed by atoms with Crippen LogP contribution in [0.5, 0.6) is 5.75 Å². The van der Waals surface area contributed by atoms with Gasteiger partial charge in [-0.15, -0.1) is 0 Å². The smallest absolute Gasteiger partial charge is 0.341 e. The SMILES string of the molecule is CCNC(=NCc1ccc(OC)c(C(=O)OC)c1)NCCCN1CCCCCC1. The fraction of sp³-hybridized carbons (Fsp3) is 0.636. The molecule has 0 bridgehead atoms. The van der Waals surface area contributed by atoms with Crippen LogP contribution >= 0.6 is 0 Å². The highest BCUT2D eigenvalue weighted by Gasteiger charge is 2.13. The minimum absolute atomic E-state index is 0.411. The summed E-state index contributed by atoms with van der Waals surface area (Å²) in [6, 6.07) is 5.47. The standard InChI is InChI=1S/C22H36N4O3/c1-4-23-22(24-12-9-15-26-13-7-5-6-8-14-26)25-17-18-10-11-20(28-2)19(16-18)21(27)29-3/h10-11,16H,4-9,12-15,17H2,1-3H3,(H2,23,24,25). The average molecular weight is 405 g/mol. The molecule has 0 aliphatic carbocycles. The molecule has 7 heteroatoms. The lowest BCUT2D eigenvalue weighted by Crippen LogP contribution is -2.39. The second kappa shape index (κ2) is 13.0. The van der Waals surface area contributed by atoms with E-state index in [4.69, 9.17) is 9.47 Å². The molecule has 0 atom stereocenters. The number of carbonyl (C=O) groups excluding carboxylic acids is 1. The van der Waals surface area contributed by atoms with Crippen LogP contribution in [-0.4, -0.2) is 63.8 Å². The summed E-state index contributed by atoms with van der Waals surface area (Å²) in [5.41, 5.74) is 1.34. The first-order valence-electron chi connectivity index (χ1n) is 10.7. The normalized spacial score (nSPS) is 15.5. The molecule has 0 amide bonds. The van der Waals surface area contributed by atoms with Gasteiger partial charge in [-0.05, 0) is 63.5 Å². The van der Waals surface area contributed by atoms with Crippen molar-refractivity contribution in [2.24, 2.45) is 4.99 Å². The van der Waals surface area contributed by atoms with Crippen LogP contribution in [-0.2, 0) is 11.3 Å². The van der Waals surface area contributed by atoms with Crippen LogP contribution in [0, 0.1) is 0 Å².